The van der Waals surface area contributed by atoms with Gasteiger partial charge in [-0.3, -0.25) is 4.79 Å². The minimum Gasteiger partial charge on any atom is -0.478 e. The third-order valence-corrected chi connectivity index (χ3v) is 3.28. The first-order chi connectivity index (χ1) is 10.5. The smallest absolute Gasteiger partial charge is 0.337 e. The van der Waals surface area contributed by atoms with E-state index in [1.54, 1.807) is 12.1 Å². The molecular formula is C16H13ClFNO3. The first-order valence-corrected chi connectivity index (χ1v) is 6.90. The molecule has 0 heterocycles. The number of amides is 1. The van der Waals surface area contributed by atoms with Crippen molar-refractivity contribution in [2.45, 2.75) is 12.8 Å². The normalized spacial score (nSPS) is 10.3. The highest BCUT2D eigenvalue weighted by atomic mass is 35.5. The van der Waals surface area contributed by atoms with E-state index in [0.717, 1.165) is 5.56 Å². The molecule has 2 aromatic rings. The summed E-state index contributed by atoms with van der Waals surface area (Å²) < 4.78 is 12.8. The van der Waals surface area contributed by atoms with Crippen molar-refractivity contribution >= 4 is 29.2 Å². The molecule has 6 heteroatoms. The fraction of sp³-hybridized carbons (Fsp3) is 0.125. The number of hydrogen-bond donors (Lipinski definition) is 2. The summed E-state index contributed by atoms with van der Waals surface area (Å²) in [5, 5.41) is 11.9. The van der Waals surface area contributed by atoms with E-state index in [2.05, 4.69) is 5.32 Å². The standard InChI is InChI=1S/C16H13ClFNO3/c17-11-4-7-13(16(21)22)14(9-11)19-15(20)8-3-10-1-5-12(18)6-2-10/h1-2,4-7,9H,3,8H2,(H,19,20)(H,21,22). The van der Waals surface area contributed by atoms with E-state index in [1.165, 1.54) is 30.3 Å². The van der Waals surface area contributed by atoms with Crippen LogP contribution in [0.3, 0.4) is 0 Å². The lowest BCUT2D eigenvalue weighted by Gasteiger charge is -2.09. The molecule has 0 aromatic heterocycles. The van der Waals surface area contributed by atoms with E-state index in [0.29, 0.717) is 11.4 Å². The first kappa shape index (κ1) is 16.0. The fourth-order valence-corrected chi connectivity index (χ4v) is 2.10. The highest BCUT2D eigenvalue weighted by Crippen LogP contribution is 2.21. The number of aryl methyl sites for hydroxylation is 1. The maximum Gasteiger partial charge on any atom is 0.337 e. The van der Waals surface area contributed by atoms with Crippen LogP contribution < -0.4 is 5.32 Å². The summed E-state index contributed by atoms with van der Waals surface area (Å²) in [7, 11) is 0. The van der Waals surface area contributed by atoms with E-state index in [1.807, 2.05) is 0 Å². The number of hydrogen-bond acceptors (Lipinski definition) is 2. The van der Waals surface area contributed by atoms with Gasteiger partial charge in [-0.1, -0.05) is 23.7 Å². The van der Waals surface area contributed by atoms with Crippen LogP contribution in [0, 0.1) is 5.82 Å². The Balaban J connectivity index is 2.01. The van der Waals surface area contributed by atoms with Gasteiger partial charge >= 0.3 is 5.97 Å². The second-order valence-electron chi connectivity index (χ2n) is 4.67. The number of benzene rings is 2. The molecule has 2 rings (SSSR count). The monoisotopic (exact) mass is 321 g/mol. The summed E-state index contributed by atoms with van der Waals surface area (Å²) in [4.78, 5) is 23.0. The molecule has 1 amide bonds. The molecular weight excluding hydrogens is 309 g/mol. The number of rotatable bonds is 5. The second kappa shape index (κ2) is 7.04. The molecule has 114 valence electrons. The van der Waals surface area contributed by atoms with Crippen molar-refractivity contribution in [1.82, 2.24) is 0 Å². The van der Waals surface area contributed by atoms with Crippen LogP contribution in [-0.2, 0) is 11.2 Å². The molecule has 0 saturated carbocycles. The quantitative estimate of drug-likeness (QED) is 0.881. The van der Waals surface area contributed by atoms with Gasteiger partial charge in [0, 0.05) is 11.4 Å². The van der Waals surface area contributed by atoms with Gasteiger partial charge in [-0.25, -0.2) is 9.18 Å². The Morgan fingerprint density at radius 3 is 2.45 bits per heavy atom. The lowest BCUT2D eigenvalue weighted by molar-refractivity contribution is -0.116. The number of anilines is 1. The summed E-state index contributed by atoms with van der Waals surface area (Å²) >= 11 is 5.81. The van der Waals surface area contributed by atoms with Gasteiger partial charge in [0.25, 0.3) is 0 Å². The molecule has 0 bridgehead atoms. The summed E-state index contributed by atoms with van der Waals surface area (Å²) in [5.41, 5.74) is 0.949. The molecule has 2 aromatic carbocycles. The van der Waals surface area contributed by atoms with Crippen molar-refractivity contribution < 1.29 is 19.1 Å². The van der Waals surface area contributed by atoms with E-state index in [-0.39, 0.29) is 29.4 Å². The van der Waals surface area contributed by atoms with Gasteiger partial charge in [-0.15, -0.1) is 0 Å². The topological polar surface area (TPSA) is 66.4 Å². The van der Waals surface area contributed by atoms with Gasteiger partial charge in [-0.05, 0) is 42.3 Å². The molecule has 0 aliphatic heterocycles. The minimum atomic E-state index is -1.15. The van der Waals surface area contributed by atoms with Crippen LogP contribution in [0.2, 0.25) is 5.02 Å². The van der Waals surface area contributed by atoms with Crippen LogP contribution >= 0.6 is 11.6 Å². The van der Waals surface area contributed by atoms with E-state index in [4.69, 9.17) is 16.7 Å². The van der Waals surface area contributed by atoms with Crippen LogP contribution in [0.1, 0.15) is 22.3 Å². The Bertz CT molecular complexity index is 701. The summed E-state index contributed by atoms with van der Waals surface area (Å²) in [6.45, 7) is 0. The average molecular weight is 322 g/mol. The predicted molar refractivity (Wildman–Crippen MR) is 81.8 cm³/mol. The van der Waals surface area contributed by atoms with Gasteiger partial charge < -0.3 is 10.4 Å². The molecule has 0 spiro atoms. The van der Waals surface area contributed by atoms with E-state index < -0.39 is 5.97 Å². The summed E-state index contributed by atoms with van der Waals surface area (Å²) in [6, 6.07) is 10.0. The molecule has 2 N–H and O–H groups in total. The molecule has 0 aliphatic rings. The minimum absolute atomic E-state index is 0.0282. The van der Waals surface area contributed by atoms with Gasteiger partial charge in [0.15, 0.2) is 0 Å². The maximum atomic E-state index is 12.8. The largest absolute Gasteiger partial charge is 0.478 e. The molecule has 0 saturated heterocycles. The molecule has 4 nitrogen and oxygen atoms in total. The number of carboxylic acids is 1. The highest BCUT2D eigenvalue weighted by molar-refractivity contribution is 6.31. The Kier molecular flexibility index (Phi) is 5.12. The number of carbonyl (C=O) groups excluding carboxylic acids is 1. The maximum absolute atomic E-state index is 12.8. The number of aromatic carboxylic acids is 1. The molecule has 0 unspecified atom stereocenters. The SMILES string of the molecule is O=C(CCc1ccc(F)cc1)Nc1cc(Cl)ccc1C(=O)O. The second-order valence-corrected chi connectivity index (χ2v) is 5.11. The Morgan fingerprint density at radius 2 is 1.82 bits per heavy atom. The number of halogens is 2. The summed E-state index contributed by atoms with van der Waals surface area (Å²) in [5.74, 6) is -1.82. The van der Waals surface area contributed by atoms with E-state index >= 15 is 0 Å². The number of carboxylic acid groups (broad SMARTS) is 1. The van der Waals surface area contributed by atoms with Crippen LogP contribution in [-0.4, -0.2) is 17.0 Å². The Hall–Kier alpha value is -2.40. The third kappa shape index (κ3) is 4.30. The highest BCUT2D eigenvalue weighted by Gasteiger charge is 2.13. The fourth-order valence-electron chi connectivity index (χ4n) is 1.93. The molecule has 0 aliphatic carbocycles. The van der Waals surface area contributed by atoms with Crippen molar-refractivity contribution in [1.29, 1.82) is 0 Å². The third-order valence-electron chi connectivity index (χ3n) is 3.04. The zero-order valence-electron chi connectivity index (χ0n) is 11.5. The van der Waals surface area contributed by atoms with Crippen molar-refractivity contribution in [3.8, 4) is 0 Å². The van der Waals surface area contributed by atoms with Gasteiger partial charge in [0.2, 0.25) is 5.91 Å². The van der Waals surface area contributed by atoms with Crippen molar-refractivity contribution in [2.24, 2.45) is 0 Å². The van der Waals surface area contributed by atoms with Crippen molar-refractivity contribution in [2.75, 3.05) is 5.32 Å². The van der Waals surface area contributed by atoms with Gasteiger partial charge in [0.05, 0.1) is 11.3 Å². The number of carbonyl (C=O) groups is 2. The Morgan fingerprint density at radius 1 is 1.14 bits per heavy atom. The lowest BCUT2D eigenvalue weighted by atomic mass is 10.1. The van der Waals surface area contributed by atoms with E-state index in [9.17, 15) is 14.0 Å². The number of nitrogens with one attached hydrogen (secondary N) is 1. The Labute approximate surface area is 131 Å². The lowest BCUT2D eigenvalue weighted by Crippen LogP contribution is -2.15. The van der Waals surface area contributed by atoms with Gasteiger partial charge in [-0.2, -0.15) is 0 Å². The summed E-state index contributed by atoms with van der Waals surface area (Å²) in [6.07, 6.45) is 0.576. The molecule has 22 heavy (non-hydrogen) atoms. The average Bonchev–Trinajstić information content (AvgIpc) is 2.46. The van der Waals surface area contributed by atoms with Crippen molar-refractivity contribution in [3.63, 3.8) is 0 Å². The van der Waals surface area contributed by atoms with Crippen molar-refractivity contribution in [3.05, 3.63) is 64.4 Å². The molecule has 0 radical (unpaired) electrons. The zero-order chi connectivity index (χ0) is 16.1. The predicted octanol–water partition coefficient (Wildman–Crippen LogP) is 3.75. The van der Waals surface area contributed by atoms with Crippen LogP contribution in [0.25, 0.3) is 0 Å². The van der Waals surface area contributed by atoms with Gasteiger partial charge in [0.1, 0.15) is 5.82 Å². The van der Waals surface area contributed by atoms with Crippen LogP contribution in [0.4, 0.5) is 10.1 Å². The molecule has 0 atom stereocenters. The first-order valence-electron chi connectivity index (χ1n) is 6.53. The van der Waals surface area contributed by atoms with Crippen LogP contribution in [0.5, 0.6) is 0 Å². The zero-order valence-corrected chi connectivity index (χ0v) is 12.2. The molecule has 0 fully saturated rings. The van der Waals surface area contributed by atoms with Crippen LogP contribution in [0.15, 0.2) is 42.5 Å².